The molecule has 1 aromatic carbocycles. The predicted octanol–water partition coefficient (Wildman–Crippen LogP) is 3.69. The molecule has 0 aliphatic carbocycles. The van der Waals surface area contributed by atoms with E-state index in [0.29, 0.717) is 6.54 Å². The maximum absolute atomic E-state index is 6.21. The first kappa shape index (κ1) is 12.9. The first-order valence-electron chi connectivity index (χ1n) is 5.14. The molecule has 0 saturated heterocycles. The van der Waals surface area contributed by atoms with Crippen LogP contribution in [-0.2, 0) is 5.41 Å². The molecule has 0 aliphatic heterocycles. The highest BCUT2D eigenvalue weighted by Crippen LogP contribution is 2.31. The molecule has 0 radical (unpaired) electrons. The SMILES string of the molecule is CCSc1ccc(C(C)(C)CN)cc1Cl. The third-order valence-corrected chi connectivity index (χ3v) is 3.90. The van der Waals surface area contributed by atoms with Gasteiger partial charge in [0.2, 0.25) is 0 Å². The molecule has 1 rings (SSSR count). The molecule has 84 valence electrons. The van der Waals surface area contributed by atoms with Gasteiger partial charge in [-0.2, -0.15) is 0 Å². The van der Waals surface area contributed by atoms with E-state index in [1.165, 1.54) is 5.56 Å². The Morgan fingerprint density at radius 2 is 2.07 bits per heavy atom. The van der Waals surface area contributed by atoms with Crippen molar-refractivity contribution in [2.24, 2.45) is 5.73 Å². The molecule has 15 heavy (non-hydrogen) atoms. The minimum Gasteiger partial charge on any atom is -0.330 e. The van der Waals surface area contributed by atoms with E-state index < -0.39 is 0 Å². The Hall–Kier alpha value is -0.180. The Balaban J connectivity index is 3.01. The summed E-state index contributed by atoms with van der Waals surface area (Å²) in [6.07, 6.45) is 0. The van der Waals surface area contributed by atoms with Gasteiger partial charge in [0.05, 0.1) is 5.02 Å². The Kier molecular flexibility index (Phi) is 4.50. The maximum atomic E-state index is 6.21. The molecule has 1 aromatic rings. The molecule has 0 amide bonds. The molecular weight excluding hydrogens is 226 g/mol. The second-order valence-electron chi connectivity index (χ2n) is 4.17. The molecule has 2 N–H and O–H groups in total. The van der Waals surface area contributed by atoms with Gasteiger partial charge in [0.1, 0.15) is 0 Å². The summed E-state index contributed by atoms with van der Waals surface area (Å²) in [5.74, 6) is 1.04. The molecule has 0 saturated carbocycles. The van der Waals surface area contributed by atoms with Crippen LogP contribution in [0.3, 0.4) is 0 Å². The average molecular weight is 244 g/mol. The van der Waals surface area contributed by atoms with E-state index in [9.17, 15) is 0 Å². The third-order valence-electron chi connectivity index (χ3n) is 2.52. The normalized spacial score (nSPS) is 11.8. The monoisotopic (exact) mass is 243 g/mol. The number of halogens is 1. The van der Waals surface area contributed by atoms with Crippen LogP contribution in [0.5, 0.6) is 0 Å². The molecule has 0 bridgehead atoms. The lowest BCUT2D eigenvalue weighted by Crippen LogP contribution is -2.27. The number of hydrogen-bond donors (Lipinski definition) is 1. The average Bonchev–Trinajstić information content (AvgIpc) is 2.21. The molecule has 0 spiro atoms. The van der Waals surface area contributed by atoms with Crippen LogP contribution in [0, 0.1) is 0 Å². The quantitative estimate of drug-likeness (QED) is 0.817. The van der Waals surface area contributed by atoms with E-state index in [2.05, 4.69) is 32.9 Å². The van der Waals surface area contributed by atoms with E-state index in [4.69, 9.17) is 17.3 Å². The first-order valence-corrected chi connectivity index (χ1v) is 6.50. The highest BCUT2D eigenvalue weighted by molar-refractivity contribution is 7.99. The molecule has 0 fully saturated rings. The second-order valence-corrected chi connectivity index (χ2v) is 5.88. The Bertz CT molecular complexity index is 336. The van der Waals surface area contributed by atoms with Crippen molar-refractivity contribution in [3.05, 3.63) is 28.8 Å². The predicted molar refractivity (Wildman–Crippen MR) is 69.9 cm³/mol. The number of nitrogens with two attached hydrogens (primary N) is 1. The van der Waals surface area contributed by atoms with Crippen LogP contribution in [0.25, 0.3) is 0 Å². The lowest BCUT2D eigenvalue weighted by Gasteiger charge is -2.23. The highest BCUT2D eigenvalue weighted by atomic mass is 35.5. The van der Waals surface area contributed by atoms with Crippen LogP contribution in [0.2, 0.25) is 5.02 Å². The van der Waals surface area contributed by atoms with Crippen LogP contribution >= 0.6 is 23.4 Å². The summed E-state index contributed by atoms with van der Waals surface area (Å²) in [7, 11) is 0. The highest BCUT2D eigenvalue weighted by Gasteiger charge is 2.19. The zero-order valence-electron chi connectivity index (χ0n) is 9.51. The van der Waals surface area contributed by atoms with Gasteiger partial charge in [-0.15, -0.1) is 11.8 Å². The molecular formula is C12H18ClNS. The zero-order chi connectivity index (χ0) is 11.5. The fourth-order valence-corrected chi connectivity index (χ4v) is 2.33. The smallest absolute Gasteiger partial charge is 0.0544 e. The molecule has 3 heteroatoms. The first-order chi connectivity index (χ1) is 7.01. The third kappa shape index (κ3) is 3.13. The van der Waals surface area contributed by atoms with Crippen molar-refractivity contribution in [2.75, 3.05) is 12.3 Å². The fourth-order valence-electron chi connectivity index (χ4n) is 1.31. The van der Waals surface area contributed by atoms with Crippen LogP contribution in [0.1, 0.15) is 26.3 Å². The lowest BCUT2D eigenvalue weighted by atomic mass is 9.85. The Labute approximate surface area is 101 Å². The van der Waals surface area contributed by atoms with Gasteiger partial charge in [-0.25, -0.2) is 0 Å². The van der Waals surface area contributed by atoms with Crippen molar-refractivity contribution in [1.82, 2.24) is 0 Å². The fraction of sp³-hybridized carbons (Fsp3) is 0.500. The van der Waals surface area contributed by atoms with Crippen LogP contribution in [0.4, 0.5) is 0 Å². The molecule has 0 atom stereocenters. The topological polar surface area (TPSA) is 26.0 Å². The van der Waals surface area contributed by atoms with Crippen molar-refractivity contribution >= 4 is 23.4 Å². The largest absolute Gasteiger partial charge is 0.330 e. The van der Waals surface area contributed by atoms with Crippen LogP contribution in [0.15, 0.2) is 23.1 Å². The number of hydrogen-bond acceptors (Lipinski definition) is 2. The van der Waals surface area contributed by atoms with Crippen molar-refractivity contribution in [3.8, 4) is 0 Å². The van der Waals surface area contributed by atoms with Gasteiger partial charge >= 0.3 is 0 Å². The Morgan fingerprint density at radius 1 is 1.40 bits per heavy atom. The summed E-state index contributed by atoms with van der Waals surface area (Å²) in [6.45, 7) is 7.01. The van der Waals surface area contributed by atoms with Crippen molar-refractivity contribution in [3.63, 3.8) is 0 Å². The summed E-state index contributed by atoms with van der Waals surface area (Å²) in [5, 5.41) is 0.834. The van der Waals surface area contributed by atoms with E-state index >= 15 is 0 Å². The van der Waals surface area contributed by atoms with Gasteiger partial charge in [-0.1, -0.05) is 38.4 Å². The van der Waals surface area contributed by atoms with Gasteiger partial charge in [0.15, 0.2) is 0 Å². The van der Waals surface area contributed by atoms with Gasteiger partial charge < -0.3 is 5.73 Å². The second kappa shape index (κ2) is 5.24. The molecule has 0 heterocycles. The zero-order valence-corrected chi connectivity index (χ0v) is 11.1. The number of benzene rings is 1. The number of thioether (sulfide) groups is 1. The van der Waals surface area contributed by atoms with Crippen molar-refractivity contribution in [1.29, 1.82) is 0 Å². The summed E-state index contributed by atoms with van der Waals surface area (Å²) in [6, 6.07) is 6.24. The van der Waals surface area contributed by atoms with E-state index in [1.807, 2.05) is 6.07 Å². The Morgan fingerprint density at radius 3 is 2.53 bits per heavy atom. The van der Waals surface area contributed by atoms with Crippen LogP contribution < -0.4 is 5.73 Å². The minimum atomic E-state index is -0.000941. The van der Waals surface area contributed by atoms with E-state index in [1.54, 1.807) is 11.8 Å². The molecule has 1 nitrogen and oxygen atoms in total. The van der Waals surface area contributed by atoms with E-state index in [-0.39, 0.29) is 5.41 Å². The van der Waals surface area contributed by atoms with Gasteiger partial charge in [-0.3, -0.25) is 0 Å². The van der Waals surface area contributed by atoms with Crippen molar-refractivity contribution < 1.29 is 0 Å². The van der Waals surface area contributed by atoms with Gasteiger partial charge in [-0.05, 0) is 23.4 Å². The standard InChI is InChI=1S/C12H18ClNS/c1-4-15-11-6-5-9(7-10(11)13)12(2,3)8-14/h5-7H,4,8,14H2,1-3H3. The maximum Gasteiger partial charge on any atom is 0.0544 e. The molecule has 0 unspecified atom stereocenters. The summed E-state index contributed by atoms with van der Waals surface area (Å²) >= 11 is 7.98. The van der Waals surface area contributed by atoms with Crippen molar-refractivity contribution in [2.45, 2.75) is 31.1 Å². The number of rotatable bonds is 4. The summed E-state index contributed by atoms with van der Waals surface area (Å²) < 4.78 is 0. The van der Waals surface area contributed by atoms with Crippen LogP contribution in [-0.4, -0.2) is 12.3 Å². The summed E-state index contributed by atoms with van der Waals surface area (Å²) in [5.41, 5.74) is 6.94. The minimum absolute atomic E-state index is 0.000941. The summed E-state index contributed by atoms with van der Waals surface area (Å²) in [4.78, 5) is 1.15. The molecule has 0 aliphatic rings. The van der Waals surface area contributed by atoms with Gasteiger partial charge in [0, 0.05) is 16.9 Å². The molecule has 0 aromatic heterocycles. The van der Waals surface area contributed by atoms with Gasteiger partial charge in [0.25, 0.3) is 0 Å². The van der Waals surface area contributed by atoms with E-state index in [0.717, 1.165) is 15.7 Å². The lowest BCUT2D eigenvalue weighted by molar-refractivity contribution is 0.539.